The molecule has 1 aliphatic heterocycles. The molecule has 52 valence electrons. The van der Waals surface area contributed by atoms with Gasteiger partial charge in [0.25, 0.3) is 0 Å². The summed E-state index contributed by atoms with van der Waals surface area (Å²) in [6.07, 6.45) is 0.709. The zero-order valence-electron chi connectivity index (χ0n) is 5.98. The number of ketones is 1. The molecule has 0 aromatic heterocycles. The largest absolute Gasteiger partial charge is 0.313 e. The summed E-state index contributed by atoms with van der Waals surface area (Å²) >= 11 is 0. The Kier molecular flexibility index (Phi) is 1.86. The second-order valence-electron chi connectivity index (χ2n) is 2.88. The van der Waals surface area contributed by atoms with Crippen molar-refractivity contribution >= 4 is 5.78 Å². The van der Waals surface area contributed by atoms with E-state index in [9.17, 15) is 4.79 Å². The molecule has 2 nitrogen and oxygen atoms in total. The molecule has 2 heteroatoms. The number of hydrogen-bond donors (Lipinski definition) is 1. The number of carbonyl (C=O) groups excluding carboxylic acids is 1. The minimum atomic E-state index is 0.237. The summed E-state index contributed by atoms with van der Waals surface area (Å²) in [4.78, 5) is 11.0. The van der Waals surface area contributed by atoms with Crippen LogP contribution >= 0.6 is 0 Å². The zero-order valence-corrected chi connectivity index (χ0v) is 5.98. The van der Waals surface area contributed by atoms with Crippen molar-refractivity contribution < 1.29 is 4.79 Å². The van der Waals surface area contributed by atoms with Crippen molar-refractivity contribution in [3.8, 4) is 0 Å². The van der Waals surface area contributed by atoms with E-state index in [0.29, 0.717) is 18.2 Å². The quantitative estimate of drug-likeness (QED) is 0.515. The van der Waals surface area contributed by atoms with E-state index in [2.05, 4.69) is 5.32 Å². The molecule has 0 bridgehead atoms. The molecule has 0 aromatic carbocycles. The van der Waals surface area contributed by atoms with Gasteiger partial charge in [-0.05, 0) is 6.92 Å². The van der Waals surface area contributed by atoms with Crippen molar-refractivity contribution in [2.75, 3.05) is 6.54 Å². The van der Waals surface area contributed by atoms with Crippen LogP contribution in [0.1, 0.15) is 20.3 Å². The Labute approximate surface area is 55.6 Å². The van der Waals surface area contributed by atoms with Gasteiger partial charge in [0.15, 0.2) is 0 Å². The Bertz CT molecular complexity index is 122. The predicted molar refractivity (Wildman–Crippen MR) is 36.3 cm³/mol. The van der Waals surface area contributed by atoms with Crippen molar-refractivity contribution in [2.24, 2.45) is 5.92 Å². The lowest BCUT2D eigenvalue weighted by atomic mass is 9.96. The van der Waals surface area contributed by atoms with Gasteiger partial charge >= 0.3 is 0 Å². The van der Waals surface area contributed by atoms with Gasteiger partial charge in [0.2, 0.25) is 0 Å². The van der Waals surface area contributed by atoms with Gasteiger partial charge in [-0.15, -0.1) is 0 Å². The summed E-state index contributed by atoms with van der Waals surface area (Å²) in [5, 5.41) is 3.24. The average Bonchev–Trinajstić information content (AvgIpc) is 1.80. The standard InChI is InChI=1S/C7H13NO/c1-5-4-8-6(2)3-7(5)9/h5-6,8H,3-4H2,1-2H3/t5?,6-/m0/s1. The highest BCUT2D eigenvalue weighted by molar-refractivity contribution is 5.82. The van der Waals surface area contributed by atoms with Crippen molar-refractivity contribution in [2.45, 2.75) is 26.3 Å². The SMILES string of the molecule is CC1CN[C@@H](C)CC1=O. The number of piperidine rings is 1. The first-order valence-electron chi connectivity index (χ1n) is 3.46. The smallest absolute Gasteiger partial charge is 0.138 e. The molecule has 0 spiro atoms. The third kappa shape index (κ3) is 1.52. The molecule has 1 saturated heterocycles. The molecule has 9 heavy (non-hydrogen) atoms. The van der Waals surface area contributed by atoms with Crippen LogP contribution in [-0.4, -0.2) is 18.4 Å². The molecular formula is C7H13NO. The summed E-state index contributed by atoms with van der Waals surface area (Å²) in [7, 11) is 0. The average molecular weight is 127 g/mol. The molecule has 0 radical (unpaired) electrons. The van der Waals surface area contributed by atoms with Crippen LogP contribution in [0.4, 0.5) is 0 Å². The van der Waals surface area contributed by atoms with Crippen molar-refractivity contribution in [1.29, 1.82) is 0 Å². The van der Waals surface area contributed by atoms with Gasteiger partial charge in [0.1, 0.15) is 5.78 Å². The van der Waals surface area contributed by atoms with E-state index in [1.54, 1.807) is 0 Å². The van der Waals surface area contributed by atoms with Crippen molar-refractivity contribution in [1.82, 2.24) is 5.32 Å². The molecule has 1 aliphatic rings. The molecule has 1 fully saturated rings. The van der Waals surface area contributed by atoms with Crippen LogP contribution in [-0.2, 0) is 4.79 Å². The van der Waals surface area contributed by atoms with Gasteiger partial charge in [-0.25, -0.2) is 0 Å². The summed E-state index contributed by atoms with van der Waals surface area (Å²) in [5.41, 5.74) is 0. The lowest BCUT2D eigenvalue weighted by Gasteiger charge is -2.23. The first-order valence-corrected chi connectivity index (χ1v) is 3.46. The van der Waals surface area contributed by atoms with E-state index in [-0.39, 0.29) is 5.92 Å². The summed E-state index contributed by atoms with van der Waals surface area (Å²) in [5.74, 6) is 0.641. The Morgan fingerprint density at radius 1 is 1.56 bits per heavy atom. The minimum absolute atomic E-state index is 0.237. The van der Waals surface area contributed by atoms with Crippen LogP contribution in [0.25, 0.3) is 0 Å². The first kappa shape index (κ1) is 6.75. The van der Waals surface area contributed by atoms with E-state index < -0.39 is 0 Å². The summed E-state index contributed by atoms with van der Waals surface area (Å²) in [6.45, 7) is 4.88. The molecule has 0 aliphatic carbocycles. The fourth-order valence-corrected chi connectivity index (χ4v) is 1.07. The molecule has 2 atom stereocenters. The van der Waals surface area contributed by atoms with Crippen LogP contribution in [0.2, 0.25) is 0 Å². The number of Topliss-reactive ketones (excluding diaryl/α,β-unsaturated/α-hetero) is 1. The first-order chi connectivity index (χ1) is 4.20. The molecule has 0 aromatic rings. The molecular weight excluding hydrogens is 114 g/mol. The highest BCUT2D eigenvalue weighted by atomic mass is 16.1. The van der Waals surface area contributed by atoms with Gasteiger partial charge in [-0.3, -0.25) is 4.79 Å². The van der Waals surface area contributed by atoms with Crippen molar-refractivity contribution in [3.05, 3.63) is 0 Å². The maximum absolute atomic E-state index is 11.0. The molecule has 1 heterocycles. The Morgan fingerprint density at radius 3 is 2.67 bits per heavy atom. The fourth-order valence-electron chi connectivity index (χ4n) is 1.07. The van der Waals surface area contributed by atoms with Crippen LogP contribution in [0.5, 0.6) is 0 Å². The highest BCUT2D eigenvalue weighted by Crippen LogP contribution is 2.08. The van der Waals surface area contributed by atoms with Crippen LogP contribution in [0.3, 0.4) is 0 Å². The van der Waals surface area contributed by atoms with Gasteiger partial charge in [-0.2, -0.15) is 0 Å². The molecule has 1 rings (SSSR count). The second kappa shape index (κ2) is 2.48. The third-order valence-electron chi connectivity index (χ3n) is 1.83. The van der Waals surface area contributed by atoms with Gasteiger partial charge in [0.05, 0.1) is 0 Å². The van der Waals surface area contributed by atoms with Crippen molar-refractivity contribution in [3.63, 3.8) is 0 Å². The summed E-state index contributed by atoms with van der Waals surface area (Å²) < 4.78 is 0. The Hall–Kier alpha value is -0.370. The number of rotatable bonds is 0. The second-order valence-corrected chi connectivity index (χ2v) is 2.88. The third-order valence-corrected chi connectivity index (χ3v) is 1.83. The molecule has 0 saturated carbocycles. The minimum Gasteiger partial charge on any atom is -0.313 e. The summed E-state index contributed by atoms with van der Waals surface area (Å²) in [6, 6.07) is 0.397. The topological polar surface area (TPSA) is 29.1 Å². The van der Waals surface area contributed by atoms with E-state index in [1.165, 1.54) is 0 Å². The maximum atomic E-state index is 11.0. The lowest BCUT2D eigenvalue weighted by Crippen LogP contribution is -2.41. The molecule has 1 unspecified atom stereocenters. The van der Waals surface area contributed by atoms with Crippen LogP contribution < -0.4 is 5.32 Å². The zero-order chi connectivity index (χ0) is 6.85. The molecule has 1 N–H and O–H groups in total. The van der Waals surface area contributed by atoms with E-state index in [0.717, 1.165) is 6.54 Å². The van der Waals surface area contributed by atoms with Crippen LogP contribution in [0.15, 0.2) is 0 Å². The number of nitrogens with one attached hydrogen (secondary N) is 1. The van der Waals surface area contributed by atoms with E-state index >= 15 is 0 Å². The van der Waals surface area contributed by atoms with E-state index in [1.807, 2.05) is 13.8 Å². The number of hydrogen-bond acceptors (Lipinski definition) is 2. The normalized spacial score (nSPS) is 36.9. The highest BCUT2D eigenvalue weighted by Gasteiger charge is 2.21. The van der Waals surface area contributed by atoms with Gasteiger partial charge < -0.3 is 5.32 Å². The van der Waals surface area contributed by atoms with Gasteiger partial charge in [-0.1, -0.05) is 6.92 Å². The Morgan fingerprint density at radius 2 is 2.22 bits per heavy atom. The monoisotopic (exact) mass is 127 g/mol. The van der Waals surface area contributed by atoms with Gasteiger partial charge in [0, 0.05) is 24.9 Å². The maximum Gasteiger partial charge on any atom is 0.138 e. The van der Waals surface area contributed by atoms with Crippen LogP contribution in [0, 0.1) is 5.92 Å². The van der Waals surface area contributed by atoms with E-state index in [4.69, 9.17) is 0 Å². The predicted octanol–water partition coefficient (Wildman–Crippen LogP) is 0.573. The lowest BCUT2D eigenvalue weighted by molar-refractivity contribution is -0.124. The number of carbonyl (C=O) groups is 1. The Balaban J connectivity index is 2.44. The molecule has 0 amide bonds. The fraction of sp³-hybridized carbons (Fsp3) is 0.857.